The summed E-state index contributed by atoms with van der Waals surface area (Å²) in [6.45, 7) is 2.41. The fourth-order valence-corrected chi connectivity index (χ4v) is 7.11. The SMILES string of the molecule is CC1C=C2CC(CCC23c2ccccc2-c2ccc(-c4ccc(Nc5ccccc5)cc4)cc23)C1. The first-order valence-electron chi connectivity index (χ1n) is 13.1. The van der Waals surface area contributed by atoms with Crippen LogP contribution >= 0.6 is 0 Å². The largest absolute Gasteiger partial charge is 0.356 e. The minimum Gasteiger partial charge on any atom is -0.356 e. The van der Waals surface area contributed by atoms with Crippen LogP contribution in [0.5, 0.6) is 0 Å². The van der Waals surface area contributed by atoms with Crippen molar-refractivity contribution in [3.8, 4) is 22.3 Å². The molecule has 1 heteroatoms. The van der Waals surface area contributed by atoms with Gasteiger partial charge in [-0.25, -0.2) is 0 Å². The molecule has 4 aromatic rings. The Hall–Kier alpha value is -3.58. The number of hydrogen-bond acceptors (Lipinski definition) is 1. The van der Waals surface area contributed by atoms with Crippen molar-refractivity contribution in [1.82, 2.24) is 0 Å². The Labute approximate surface area is 208 Å². The lowest BCUT2D eigenvalue weighted by atomic mass is 9.58. The van der Waals surface area contributed by atoms with Crippen molar-refractivity contribution in [3.63, 3.8) is 0 Å². The fourth-order valence-electron chi connectivity index (χ4n) is 7.11. The van der Waals surface area contributed by atoms with Gasteiger partial charge >= 0.3 is 0 Å². The molecule has 35 heavy (non-hydrogen) atoms. The molecule has 3 atom stereocenters. The van der Waals surface area contributed by atoms with E-state index in [0.717, 1.165) is 17.3 Å². The lowest BCUT2D eigenvalue weighted by Crippen LogP contribution is -2.36. The van der Waals surface area contributed by atoms with Crippen molar-refractivity contribution in [2.24, 2.45) is 11.8 Å². The molecule has 1 saturated carbocycles. The summed E-state index contributed by atoms with van der Waals surface area (Å²) < 4.78 is 0. The summed E-state index contributed by atoms with van der Waals surface area (Å²) in [5.41, 5.74) is 12.5. The fraction of sp³-hybridized carbons (Fsp3) is 0.235. The molecular formula is C34H31N. The summed E-state index contributed by atoms with van der Waals surface area (Å²) >= 11 is 0. The number of rotatable bonds is 3. The molecule has 1 spiro atoms. The molecular weight excluding hydrogens is 422 g/mol. The van der Waals surface area contributed by atoms with Gasteiger partial charge in [-0.15, -0.1) is 0 Å². The molecule has 0 heterocycles. The van der Waals surface area contributed by atoms with E-state index in [4.69, 9.17) is 0 Å². The second-order valence-electron chi connectivity index (χ2n) is 10.8. The van der Waals surface area contributed by atoms with E-state index in [1.165, 1.54) is 59.1 Å². The lowest BCUT2D eigenvalue weighted by Gasteiger charge is -2.45. The zero-order valence-electron chi connectivity index (χ0n) is 20.3. The highest BCUT2D eigenvalue weighted by Crippen LogP contribution is 2.61. The van der Waals surface area contributed by atoms with Crippen LogP contribution in [0.4, 0.5) is 11.4 Å². The van der Waals surface area contributed by atoms with Crippen LogP contribution < -0.4 is 5.32 Å². The van der Waals surface area contributed by atoms with Gasteiger partial charge in [-0.05, 0) is 101 Å². The van der Waals surface area contributed by atoms with Crippen LogP contribution in [0.2, 0.25) is 0 Å². The number of benzene rings is 4. The zero-order valence-corrected chi connectivity index (χ0v) is 20.3. The Kier molecular flexibility index (Phi) is 4.74. The average Bonchev–Trinajstić information content (AvgIpc) is 3.17. The smallest absolute Gasteiger partial charge is 0.0423 e. The van der Waals surface area contributed by atoms with Gasteiger partial charge in [0.15, 0.2) is 0 Å². The molecule has 7 rings (SSSR count). The maximum Gasteiger partial charge on any atom is 0.0423 e. The monoisotopic (exact) mass is 453 g/mol. The van der Waals surface area contributed by atoms with Gasteiger partial charge in [-0.2, -0.15) is 0 Å². The van der Waals surface area contributed by atoms with Crippen molar-refractivity contribution in [2.75, 3.05) is 5.32 Å². The third-order valence-corrected chi connectivity index (χ3v) is 8.61. The molecule has 1 fully saturated rings. The van der Waals surface area contributed by atoms with Crippen LogP contribution in [0.1, 0.15) is 43.7 Å². The van der Waals surface area contributed by atoms with Gasteiger partial charge in [0.05, 0.1) is 0 Å². The number of allylic oxidation sites excluding steroid dienone is 2. The van der Waals surface area contributed by atoms with E-state index in [0.29, 0.717) is 5.92 Å². The normalized spacial score (nSPS) is 24.0. The van der Waals surface area contributed by atoms with Crippen LogP contribution in [-0.2, 0) is 5.41 Å². The maximum absolute atomic E-state index is 3.50. The van der Waals surface area contributed by atoms with E-state index in [9.17, 15) is 0 Å². The Morgan fingerprint density at radius 3 is 2.29 bits per heavy atom. The van der Waals surface area contributed by atoms with Crippen LogP contribution in [0.25, 0.3) is 22.3 Å². The van der Waals surface area contributed by atoms with Crippen LogP contribution in [0.15, 0.2) is 109 Å². The quantitative estimate of drug-likeness (QED) is 0.305. The molecule has 0 radical (unpaired) electrons. The van der Waals surface area contributed by atoms with Gasteiger partial charge in [0, 0.05) is 16.8 Å². The molecule has 1 nitrogen and oxygen atoms in total. The summed E-state index contributed by atoms with van der Waals surface area (Å²) in [5, 5.41) is 3.50. The van der Waals surface area contributed by atoms with Gasteiger partial charge in [0.2, 0.25) is 0 Å². The number of nitrogens with one attached hydrogen (secondary N) is 1. The minimum absolute atomic E-state index is 0.0575. The Bertz CT molecular complexity index is 1430. The van der Waals surface area contributed by atoms with Gasteiger partial charge in [-0.3, -0.25) is 0 Å². The van der Waals surface area contributed by atoms with Crippen molar-refractivity contribution >= 4 is 11.4 Å². The molecule has 0 amide bonds. The standard InChI is InChI=1S/C34H31N/c1-23-19-24-17-18-34(27(20-23)21-24)32-10-6-5-9-30(32)31-16-13-26(22-33(31)34)25-11-14-29(15-12-25)35-28-7-3-2-4-8-28/h2-16,20,22-24,35H,17-19,21H2,1H3. The predicted molar refractivity (Wildman–Crippen MR) is 147 cm³/mol. The summed E-state index contributed by atoms with van der Waals surface area (Å²) in [7, 11) is 0. The van der Waals surface area contributed by atoms with Crippen molar-refractivity contribution in [2.45, 2.75) is 38.0 Å². The van der Waals surface area contributed by atoms with E-state index in [1.54, 1.807) is 5.57 Å². The topological polar surface area (TPSA) is 12.0 Å². The van der Waals surface area contributed by atoms with Crippen molar-refractivity contribution in [3.05, 3.63) is 120 Å². The van der Waals surface area contributed by atoms with E-state index in [-0.39, 0.29) is 5.41 Å². The van der Waals surface area contributed by atoms with Gasteiger partial charge in [0.25, 0.3) is 0 Å². The van der Waals surface area contributed by atoms with Gasteiger partial charge in [0.1, 0.15) is 0 Å². The molecule has 1 N–H and O–H groups in total. The number of anilines is 2. The molecule has 0 saturated heterocycles. The minimum atomic E-state index is 0.0575. The third kappa shape index (κ3) is 3.29. The number of para-hydroxylation sites is 1. The highest BCUT2D eigenvalue weighted by Gasteiger charge is 2.49. The molecule has 172 valence electrons. The number of fused-ring (bicyclic) bond motifs is 8. The van der Waals surface area contributed by atoms with Gasteiger partial charge in [-0.1, -0.05) is 85.3 Å². The van der Waals surface area contributed by atoms with E-state index < -0.39 is 0 Å². The van der Waals surface area contributed by atoms with Gasteiger partial charge < -0.3 is 5.32 Å². The first-order valence-corrected chi connectivity index (χ1v) is 13.1. The Morgan fingerprint density at radius 2 is 1.43 bits per heavy atom. The predicted octanol–water partition coefficient (Wildman–Crippen LogP) is 9.13. The summed E-state index contributed by atoms with van der Waals surface area (Å²) in [6, 6.07) is 35.6. The summed E-state index contributed by atoms with van der Waals surface area (Å²) in [6.07, 6.45) is 7.82. The van der Waals surface area contributed by atoms with Crippen LogP contribution in [-0.4, -0.2) is 0 Å². The van der Waals surface area contributed by atoms with Crippen molar-refractivity contribution < 1.29 is 0 Å². The highest BCUT2D eigenvalue weighted by molar-refractivity contribution is 5.86. The Balaban J connectivity index is 1.31. The van der Waals surface area contributed by atoms with Crippen LogP contribution in [0.3, 0.4) is 0 Å². The first-order chi connectivity index (χ1) is 17.2. The third-order valence-electron chi connectivity index (χ3n) is 8.61. The molecule has 3 aliphatic rings. The summed E-state index contributed by atoms with van der Waals surface area (Å²) in [5.74, 6) is 1.55. The molecule has 0 aromatic heterocycles. The second-order valence-corrected chi connectivity index (χ2v) is 10.8. The van der Waals surface area contributed by atoms with E-state index in [2.05, 4.69) is 109 Å². The molecule has 0 aliphatic heterocycles. The highest BCUT2D eigenvalue weighted by atomic mass is 14.9. The van der Waals surface area contributed by atoms with Crippen molar-refractivity contribution in [1.29, 1.82) is 0 Å². The molecule has 3 aliphatic carbocycles. The van der Waals surface area contributed by atoms with Crippen LogP contribution in [0, 0.1) is 11.8 Å². The van der Waals surface area contributed by atoms with E-state index in [1.807, 2.05) is 6.07 Å². The first kappa shape index (κ1) is 20.8. The number of hydrogen-bond donors (Lipinski definition) is 1. The second kappa shape index (κ2) is 7.99. The Morgan fingerprint density at radius 1 is 0.714 bits per heavy atom. The van der Waals surface area contributed by atoms with E-state index >= 15 is 0 Å². The molecule has 3 unspecified atom stereocenters. The lowest BCUT2D eigenvalue weighted by molar-refractivity contribution is 0.284. The zero-order chi connectivity index (χ0) is 23.4. The molecule has 4 aromatic carbocycles. The molecule has 2 bridgehead atoms. The summed E-state index contributed by atoms with van der Waals surface area (Å²) in [4.78, 5) is 0. The average molecular weight is 454 g/mol. The maximum atomic E-state index is 3.50.